The van der Waals surface area contributed by atoms with Crippen LogP contribution in [0.5, 0.6) is 11.5 Å². The van der Waals surface area contributed by atoms with Gasteiger partial charge in [0.2, 0.25) is 0 Å². The van der Waals surface area contributed by atoms with Gasteiger partial charge in [0.15, 0.2) is 0 Å². The van der Waals surface area contributed by atoms with E-state index in [9.17, 15) is 0 Å². The van der Waals surface area contributed by atoms with E-state index in [2.05, 4.69) is 48.5 Å². The third-order valence-corrected chi connectivity index (χ3v) is 5.14. The maximum absolute atomic E-state index is 6.31. The van der Waals surface area contributed by atoms with Crippen molar-refractivity contribution in [3.63, 3.8) is 0 Å². The number of halogens is 1. The lowest BCUT2D eigenvalue weighted by Crippen LogP contribution is -1.98. The molecule has 4 aromatic carbocycles. The molecule has 0 fully saturated rings. The van der Waals surface area contributed by atoms with Crippen LogP contribution >= 0.6 is 11.6 Å². The van der Waals surface area contributed by atoms with Gasteiger partial charge in [0, 0.05) is 16.0 Å². The fourth-order valence-electron chi connectivity index (χ4n) is 3.58. The summed E-state index contributed by atoms with van der Waals surface area (Å²) in [7, 11) is 0. The number of fused-ring (bicyclic) bond motifs is 2. The Bertz CT molecular complexity index is 1110. The minimum Gasteiger partial charge on any atom is -0.456 e. The number of benzene rings is 4. The zero-order valence-electron chi connectivity index (χ0n) is 13.5. The predicted octanol–water partition coefficient (Wildman–Crippen LogP) is 6.86. The van der Waals surface area contributed by atoms with Crippen LogP contribution in [0.3, 0.4) is 0 Å². The van der Waals surface area contributed by atoms with E-state index in [0.29, 0.717) is 0 Å². The molecule has 1 aliphatic rings. The van der Waals surface area contributed by atoms with E-state index in [-0.39, 0.29) is 0 Å². The molecule has 0 N–H and O–H groups in total. The maximum atomic E-state index is 6.31. The van der Waals surface area contributed by atoms with Gasteiger partial charge in [0.05, 0.1) is 0 Å². The summed E-state index contributed by atoms with van der Waals surface area (Å²) in [4.78, 5) is 0. The molecule has 0 saturated heterocycles. The van der Waals surface area contributed by atoms with Crippen molar-refractivity contribution in [2.75, 3.05) is 0 Å². The highest BCUT2D eigenvalue weighted by molar-refractivity contribution is 6.31. The monoisotopic (exact) mass is 342 g/mol. The minimum atomic E-state index is 0.794. The van der Waals surface area contributed by atoms with Crippen LogP contribution in [-0.4, -0.2) is 0 Å². The minimum absolute atomic E-state index is 0.794. The van der Waals surface area contributed by atoms with Crippen molar-refractivity contribution in [1.82, 2.24) is 0 Å². The van der Waals surface area contributed by atoms with E-state index in [1.165, 1.54) is 21.9 Å². The average molecular weight is 343 g/mol. The zero-order valence-corrected chi connectivity index (χ0v) is 14.3. The van der Waals surface area contributed by atoms with Crippen LogP contribution in [0.25, 0.3) is 21.9 Å². The lowest BCUT2D eigenvalue weighted by atomic mass is 9.93. The first-order valence-corrected chi connectivity index (χ1v) is 8.74. The fraction of sp³-hybridized carbons (Fsp3) is 0.0435. The summed E-state index contributed by atoms with van der Waals surface area (Å²) < 4.78 is 6.23. The Kier molecular flexibility index (Phi) is 3.29. The lowest BCUT2D eigenvalue weighted by Gasteiger charge is -2.22. The Morgan fingerprint density at radius 2 is 1.56 bits per heavy atom. The second-order valence-corrected chi connectivity index (χ2v) is 6.77. The third-order valence-electron chi connectivity index (χ3n) is 4.77. The molecule has 0 aliphatic carbocycles. The second kappa shape index (κ2) is 5.65. The van der Waals surface area contributed by atoms with Crippen molar-refractivity contribution in [3.8, 4) is 22.6 Å². The summed E-state index contributed by atoms with van der Waals surface area (Å²) in [5.74, 6) is 1.84. The van der Waals surface area contributed by atoms with E-state index in [1.54, 1.807) is 0 Å². The standard InChI is InChI=1S/C23H15ClO/c24-20-9-2-1-5-17(20)13-15-11-12-18-19-8-3-6-16-7-4-10-21(23(16)19)25-22(18)14-15/h1-12,14H,13H2. The fourth-order valence-corrected chi connectivity index (χ4v) is 3.78. The quantitative estimate of drug-likeness (QED) is 0.340. The van der Waals surface area contributed by atoms with Crippen molar-refractivity contribution in [1.29, 1.82) is 0 Å². The SMILES string of the molecule is Clc1ccccc1Cc1ccc2c(c1)Oc1cccc3cccc-2c13. The molecule has 0 aromatic heterocycles. The van der Waals surface area contributed by atoms with Gasteiger partial charge in [-0.3, -0.25) is 0 Å². The third kappa shape index (κ3) is 2.40. The molecule has 0 bridgehead atoms. The smallest absolute Gasteiger partial charge is 0.135 e. The summed E-state index contributed by atoms with van der Waals surface area (Å²) in [6.45, 7) is 0. The molecular weight excluding hydrogens is 328 g/mol. The Labute approximate surface area is 151 Å². The van der Waals surface area contributed by atoms with Gasteiger partial charge >= 0.3 is 0 Å². The van der Waals surface area contributed by atoms with Gasteiger partial charge < -0.3 is 4.74 Å². The van der Waals surface area contributed by atoms with Crippen molar-refractivity contribution >= 4 is 22.4 Å². The molecule has 1 heterocycles. The number of ether oxygens (including phenoxy) is 1. The van der Waals surface area contributed by atoms with Gasteiger partial charge in [-0.05, 0) is 46.7 Å². The molecule has 2 heteroatoms. The second-order valence-electron chi connectivity index (χ2n) is 6.36. The number of hydrogen-bond donors (Lipinski definition) is 0. The largest absolute Gasteiger partial charge is 0.456 e. The van der Waals surface area contributed by atoms with E-state index >= 15 is 0 Å². The Morgan fingerprint density at radius 1 is 0.720 bits per heavy atom. The molecule has 0 radical (unpaired) electrons. The van der Waals surface area contributed by atoms with Crippen molar-refractivity contribution in [2.24, 2.45) is 0 Å². The summed E-state index contributed by atoms with van der Waals surface area (Å²) >= 11 is 6.31. The first-order chi connectivity index (χ1) is 12.3. The summed E-state index contributed by atoms with van der Waals surface area (Å²) in [6, 6.07) is 27.0. The van der Waals surface area contributed by atoms with Crippen LogP contribution in [0.4, 0.5) is 0 Å². The van der Waals surface area contributed by atoms with Gasteiger partial charge in [-0.25, -0.2) is 0 Å². The molecule has 0 spiro atoms. The van der Waals surface area contributed by atoms with Gasteiger partial charge in [-0.2, -0.15) is 0 Å². The molecular formula is C23H15ClO. The van der Waals surface area contributed by atoms with Crippen molar-refractivity contribution in [2.45, 2.75) is 6.42 Å². The Hall–Kier alpha value is -2.77. The van der Waals surface area contributed by atoms with E-state index < -0.39 is 0 Å². The lowest BCUT2D eigenvalue weighted by molar-refractivity contribution is 0.486. The summed E-state index contributed by atoms with van der Waals surface area (Å²) in [6.07, 6.45) is 0.794. The van der Waals surface area contributed by atoms with Crippen molar-refractivity contribution < 1.29 is 4.74 Å². The van der Waals surface area contributed by atoms with Crippen LogP contribution in [0.2, 0.25) is 5.02 Å². The molecule has 1 aliphatic heterocycles. The maximum Gasteiger partial charge on any atom is 0.135 e. The first kappa shape index (κ1) is 14.6. The average Bonchev–Trinajstić information content (AvgIpc) is 2.64. The normalized spacial score (nSPS) is 11.9. The van der Waals surface area contributed by atoms with E-state index in [0.717, 1.165) is 34.1 Å². The molecule has 0 saturated carbocycles. The summed E-state index contributed by atoms with van der Waals surface area (Å²) in [5.41, 5.74) is 4.70. The van der Waals surface area contributed by atoms with Crippen LogP contribution in [-0.2, 0) is 6.42 Å². The van der Waals surface area contributed by atoms with E-state index in [4.69, 9.17) is 16.3 Å². The molecule has 25 heavy (non-hydrogen) atoms. The molecule has 1 nitrogen and oxygen atoms in total. The molecule has 0 atom stereocenters. The Morgan fingerprint density at radius 3 is 2.44 bits per heavy atom. The van der Waals surface area contributed by atoms with Gasteiger partial charge in [0.1, 0.15) is 11.5 Å². The van der Waals surface area contributed by atoms with Crippen LogP contribution in [0, 0.1) is 0 Å². The number of hydrogen-bond acceptors (Lipinski definition) is 1. The zero-order chi connectivity index (χ0) is 16.8. The molecule has 4 aromatic rings. The van der Waals surface area contributed by atoms with E-state index in [1.807, 2.05) is 30.3 Å². The summed E-state index contributed by atoms with van der Waals surface area (Å²) in [5, 5.41) is 3.20. The first-order valence-electron chi connectivity index (χ1n) is 8.36. The van der Waals surface area contributed by atoms with Crippen molar-refractivity contribution in [3.05, 3.63) is 95.0 Å². The highest BCUT2D eigenvalue weighted by atomic mass is 35.5. The molecule has 0 unspecified atom stereocenters. The number of rotatable bonds is 2. The molecule has 5 rings (SSSR count). The van der Waals surface area contributed by atoms with Gasteiger partial charge in [-0.15, -0.1) is 0 Å². The molecule has 0 amide bonds. The van der Waals surface area contributed by atoms with Crippen LogP contribution in [0.1, 0.15) is 11.1 Å². The highest BCUT2D eigenvalue weighted by Gasteiger charge is 2.19. The van der Waals surface area contributed by atoms with Gasteiger partial charge in [0.25, 0.3) is 0 Å². The highest BCUT2D eigenvalue weighted by Crippen LogP contribution is 2.46. The topological polar surface area (TPSA) is 9.23 Å². The molecule has 120 valence electrons. The Balaban J connectivity index is 1.62. The van der Waals surface area contributed by atoms with Gasteiger partial charge in [-0.1, -0.05) is 72.3 Å². The predicted molar refractivity (Wildman–Crippen MR) is 104 cm³/mol. The van der Waals surface area contributed by atoms with Crippen LogP contribution in [0.15, 0.2) is 78.9 Å². The van der Waals surface area contributed by atoms with Crippen LogP contribution < -0.4 is 4.74 Å².